The second kappa shape index (κ2) is 4.76. The van der Waals surface area contributed by atoms with Crippen LogP contribution in [0.25, 0.3) is 11.0 Å². The van der Waals surface area contributed by atoms with E-state index in [9.17, 15) is 9.59 Å². The van der Waals surface area contributed by atoms with Crippen molar-refractivity contribution in [1.29, 1.82) is 0 Å². The van der Waals surface area contributed by atoms with Crippen molar-refractivity contribution < 1.29 is 9.53 Å². The summed E-state index contributed by atoms with van der Waals surface area (Å²) in [5, 5.41) is 0. The third-order valence-corrected chi connectivity index (χ3v) is 3.80. The van der Waals surface area contributed by atoms with Gasteiger partial charge < -0.3 is 4.74 Å². The maximum atomic E-state index is 12.7. The van der Waals surface area contributed by atoms with Crippen molar-refractivity contribution in [1.82, 2.24) is 9.13 Å². The van der Waals surface area contributed by atoms with Crippen molar-refractivity contribution >= 4 is 17.1 Å². The molecule has 0 saturated heterocycles. The Hall–Kier alpha value is -2.04. The summed E-state index contributed by atoms with van der Waals surface area (Å²) in [5.41, 5.74) is 0.493. The number of para-hydroxylation sites is 2. The van der Waals surface area contributed by atoms with Crippen molar-refractivity contribution in [3.8, 4) is 0 Å². The van der Waals surface area contributed by atoms with Gasteiger partial charge in [-0.25, -0.2) is 9.59 Å². The minimum absolute atomic E-state index is 0.200. The summed E-state index contributed by atoms with van der Waals surface area (Å²) in [6.45, 7) is 5.38. The fourth-order valence-electron chi connectivity index (χ4n) is 2.65. The van der Waals surface area contributed by atoms with Crippen molar-refractivity contribution in [2.24, 2.45) is 0 Å². The molecular formula is C16H20N2O3. The minimum atomic E-state index is -0.629. The normalized spacial score (nSPS) is 16.0. The van der Waals surface area contributed by atoms with Gasteiger partial charge in [0.25, 0.3) is 0 Å². The van der Waals surface area contributed by atoms with Crippen LogP contribution in [0.5, 0.6) is 0 Å². The average molecular weight is 288 g/mol. The molecule has 5 nitrogen and oxygen atoms in total. The third kappa shape index (κ3) is 2.37. The Morgan fingerprint density at radius 1 is 1.19 bits per heavy atom. The predicted octanol–water partition coefficient (Wildman–Crippen LogP) is 3.31. The smallest absolute Gasteiger partial charge is 0.423 e. The van der Waals surface area contributed by atoms with Gasteiger partial charge in [0.1, 0.15) is 5.60 Å². The van der Waals surface area contributed by atoms with Gasteiger partial charge in [-0.2, -0.15) is 4.57 Å². The number of hydrogen-bond acceptors (Lipinski definition) is 3. The Morgan fingerprint density at radius 2 is 1.81 bits per heavy atom. The molecule has 112 valence electrons. The van der Waals surface area contributed by atoms with E-state index < -0.39 is 11.7 Å². The number of imidazole rings is 1. The van der Waals surface area contributed by atoms with Gasteiger partial charge in [0.05, 0.1) is 11.0 Å². The Bertz CT molecular complexity index is 745. The lowest BCUT2D eigenvalue weighted by Crippen LogP contribution is -2.36. The molecule has 1 saturated carbocycles. The highest BCUT2D eigenvalue weighted by Crippen LogP contribution is 2.33. The second-order valence-corrected chi connectivity index (χ2v) is 6.54. The molecule has 0 aliphatic heterocycles. The number of benzene rings is 1. The summed E-state index contributed by atoms with van der Waals surface area (Å²) in [5.74, 6) is 0. The number of carbonyl (C=O) groups excluding carboxylic acids is 1. The van der Waals surface area contributed by atoms with Crippen LogP contribution in [0.2, 0.25) is 0 Å². The maximum Gasteiger partial charge on any atom is 0.423 e. The first-order valence-corrected chi connectivity index (χ1v) is 7.34. The van der Waals surface area contributed by atoms with E-state index >= 15 is 0 Å². The molecule has 0 amide bonds. The lowest BCUT2D eigenvalue weighted by Gasteiger charge is -2.26. The number of hydrogen-bond donors (Lipinski definition) is 0. The molecule has 1 heterocycles. The van der Waals surface area contributed by atoms with Crippen molar-refractivity contribution in [2.75, 3.05) is 0 Å². The molecule has 0 bridgehead atoms. The van der Waals surface area contributed by atoms with E-state index in [1.165, 1.54) is 0 Å². The number of ether oxygens (including phenoxy) is 1. The molecule has 0 spiro atoms. The maximum absolute atomic E-state index is 12.7. The summed E-state index contributed by atoms with van der Waals surface area (Å²) in [7, 11) is 0. The number of aromatic nitrogens is 2. The molecule has 21 heavy (non-hydrogen) atoms. The summed E-state index contributed by atoms with van der Waals surface area (Å²) in [6.07, 6.45) is 2.50. The van der Waals surface area contributed by atoms with Crippen LogP contribution in [-0.2, 0) is 4.74 Å². The van der Waals surface area contributed by atoms with E-state index in [1.54, 1.807) is 31.4 Å². The molecule has 0 radical (unpaired) electrons. The predicted molar refractivity (Wildman–Crippen MR) is 80.7 cm³/mol. The Labute approximate surface area is 123 Å². The average Bonchev–Trinajstić information content (AvgIpc) is 2.59. The quantitative estimate of drug-likeness (QED) is 0.809. The van der Waals surface area contributed by atoms with Gasteiger partial charge in [-0.3, -0.25) is 4.57 Å². The van der Waals surface area contributed by atoms with Crippen molar-refractivity contribution in [3.05, 3.63) is 34.7 Å². The van der Waals surface area contributed by atoms with Gasteiger partial charge in [0, 0.05) is 6.04 Å². The molecule has 0 N–H and O–H groups in total. The third-order valence-electron chi connectivity index (χ3n) is 3.80. The van der Waals surface area contributed by atoms with Crippen LogP contribution in [0, 0.1) is 0 Å². The monoisotopic (exact) mass is 288 g/mol. The van der Waals surface area contributed by atoms with E-state index in [-0.39, 0.29) is 11.7 Å². The lowest BCUT2D eigenvalue weighted by atomic mass is 9.93. The largest absolute Gasteiger partial charge is 0.443 e. The van der Waals surface area contributed by atoms with Crippen LogP contribution in [0.1, 0.15) is 46.1 Å². The van der Waals surface area contributed by atoms with Gasteiger partial charge in [-0.05, 0) is 52.2 Å². The lowest BCUT2D eigenvalue weighted by molar-refractivity contribution is 0.0536. The van der Waals surface area contributed by atoms with Crippen LogP contribution in [0.3, 0.4) is 0 Å². The molecule has 2 aromatic rings. The first kappa shape index (κ1) is 13.9. The zero-order valence-corrected chi connectivity index (χ0v) is 12.6. The van der Waals surface area contributed by atoms with Crippen LogP contribution in [0.15, 0.2) is 29.1 Å². The van der Waals surface area contributed by atoms with Gasteiger partial charge in [0.15, 0.2) is 0 Å². The van der Waals surface area contributed by atoms with Crippen LogP contribution >= 0.6 is 0 Å². The van der Waals surface area contributed by atoms with Crippen molar-refractivity contribution in [2.45, 2.75) is 51.7 Å². The highest BCUT2D eigenvalue weighted by molar-refractivity contribution is 5.87. The topological polar surface area (TPSA) is 53.2 Å². The van der Waals surface area contributed by atoms with Crippen LogP contribution in [-0.4, -0.2) is 20.8 Å². The van der Waals surface area contributed by atoms with Crippen molar-refractivity contribution in [3.63, 3.8) is 0 Å². The van der Waals surface area contributed by atoms with E-state index in [2.05, 4.69) is 0 Å². The van der Waals surface area contributed by atoms with E-state index in [1.807, 2.05) is 18.2 Å². The number of fused-ring (bicyclic) bond motifs is 1. The summed E-state index contributed by atoms with van der Waals surface area (Å²) in [4.78, 5) is 25.0. The standard InChI is InChI=1S/C16H20N2O3/c1-16(2,3)21-15(20)18-13-10-5-4-9-12(13)17(14(18)19)11-7-6-8-11/h4-5,9-11H,6-8H2,1-3H3. The SMILES string of the molecule is CC(C)(C)OC(=O)n1c(=O)n(C2CCC2)c2ccccc21. The van der Waals surface area contributed by atoms with Crippen LogP contribution < -0.4 is 5.69 Å². The molecule has 1 aliphatic carbocycles. The number of nitrogens with zero attached hydrogens (tertiary/aromatic N) is 2. The second-order valence-electron chi connectivity index (χ2n) is 6.54. The van der Waals surface area contributed by atoms with E-state index in [4.69, 9.17) is 4.74 Å². The first-order chi connectivity index (χ1) is 9.88. The van der Waals surface area contributed by atoms with Gasteiger partial charge in [0.2, 0.25) is 0 Å². The molecule has 0 atom stereocenters. The molecule has 1 fully saturated rings. The summed E-state index contributed by atoms with van der Waals surface area (Å²) < 4.78 is 8.26. The molecular weight excluding hydrogens is 268 g/mol. The first-order valence-electron chi connectivity index (χ1n) is 7.34. The molecule has 0 unspecified atom stereocenters. The highest BCUT2D eigenvalue weighted by Gasteiger charge is 2.28. The molecule has 5 heteroatoms. The summed E-state index contributed by atoms with van der Waals surface area (Å²) in [6, 6.07) is 7.58. The zero-order chi connectivity index (χ0) is 15.2. The highest BCUT2D eigenvalue weighted by atomic mass is 16.6. The van der Waals surface area contributed by atoms with Gasteiger partial charge in [-0.15, -0.1) is 0 Å². The van der Waals surface area contributed by atoms with E-state index in [0.717, 1.165) is 29.3 Å². The molecule has 1 aromatic heterocycles. The Morgan fingerprint density at radius 3 is 2.33 bits per heavy atom. The zero-order valence-electron chi connectivity index (χ0n) is 12.6. The van der Waals surface area contributed by atoms with E-state index in [0.29, 0.717) is 5.52 Å². The molecule has 3 rings (SSSR count). The Kier molecular flexibility index (Phi) is 3.15. The number of carbonyl (C=O) groups is 1. The van der Waals surface area contributed by atoms with Crippen LogP contribution in [0.4, 0.5) is 4.79 Å². The fourth-order valence-corrected chi connectivity index (χ4v) is 2.65. The molecule has 1 aromatic carbocycles. The molecule has 1 aliphatic rings. The fraction of sp³-hybridized carbons (Fsp3) is 0.500. The summed E-state index contributed by atoms with van der Waals surface area (Å²) >= 11 is 0. The Balaban J connectivity index is 2.16. The van der Waals surface area contributed by atoms with Gasteiger partial charge >= 0.3 is 11.8 Å². The minimum Gasteiger partial charge on any atom is -0.443 e. The van der Waals surface area contributed by atoms with Gasteiger partial charge in [-0.1, -0.05) is 12.1 Å². The number of rotatable bonds is 1.